The van der Waals surface area contributed by atoms with Crippen molar-refractivity contribution in [2.45, 2.75) is 30.5 Å². The molecule has 4 aromatic heterocycles. The van der Waals surface area contributed by atoms with Gasteiger partial charge in [-0.2, -0.15) is 9.67 Å². The van der Waals surface area contributed by atoms with E-state index in [1.54, 1.807) is 0 Å². The van der Waals surface area contributed by atoms with Crippen LogP contribution in [0.5, 0.6) is 0 Å². The number of imidazole rings is 1. The molecule has 0 spiro atoms. The van der Waals surface area contributed by atoms with E-state index in [0.717, 1.165) is 17.3 Å². The number of thiol groups is 2. The third kappa shape index (κ3) is 5.69. The molecular formula is C16H19FN10O10P2S2. The van der Waals surface area contributed by atoms with E-state index in [4.69, 9.17) is 24.0 Å². The molecule has 0 amide bonds. The Balaban J connectivity index is 1.38. The van der Waals surface area contributed by atoms with Gasteiger partial charge < -0.3 is 30.2 Å². The van der Waals surface area contributed by atoms with Crippen molar-refractivity contribution in [1.82, 2.24) is 44.5 Å². The minimum Gasteiger partial charge on any atom is -0.389 e. The maximum atomic E-state index is 15.5. The van der Waals surface area contributed by atoms with Gasteiger partial charge in [-0.25, -0.2) is 23.4 Å². The van der Waals surface area contributed by atoms with Gasteiger partial charge in [0.15, 0.2) is 34.7 Å². The first-order valence-electron chi connectivity index (χ1n) is 11.1. The van der Waals surface area contributed by atoms with Gasteiger partial charge in [0.05, 0.1) is 12.9 Å². The third-order valence-corrected chi connectivity index (χ3v) is 8.06. The smallest absolute Gasteiger partial charge is 0.389 e. The summed E-state index contributed by atoms with van der Waals surface area (Å²) in [5.41, 5.74) is 3.08. The third-order valence-electron chi connectivity index (χ3n) is 5.68. The van der Waals surface area contributed by atoms with Crippen molar-refractivity contribution in [1.29, 1.82) is 0 Å². The number of ether oxygens (including phenoxy) is 1. The van der Waals surface area contributed by atoms with E-state index in [1.165, 1.54) is 0 Å². The molecule has 41 heavy (non-hydrogen) atoms. The summed E-state index contributed by atoms with van der Waals surface area (Å²) in [4.78, 5) is 40.0. The molecule has 3 unspecified atom stereocenters. The van der Waals surface area contributed by atoms with Crippen LogP contribution in [0.25, 0.3) is 22.3 Å². The van der Waals surface area contributed by atoms with Crippen LogP contribution in [0.3, 0.4) is 0 Å². The lowest BCUT2D eigenvalue weighted by Crippen LogP contribution is -2.39. The van der Waals surface area contributed by atoms with Gasteiger partial charge >= 0.3 is 6.80 Å². The molecule has 20 nitrogen and oxygen atoms in total. The number of nitrogen functional groups attached to an aromatic ring is 1. The van der Waals surface area contributed by atoms with E-state index in [1.807, 2.05) is 0 Å². The fourth-order valence-electron chi connectivity index (χ4n) is 3.94. The Morgan fingerprint density at radius 2 is 2.05 bits per heavy atom. The summed E-state index contributed by atoms with van der Waals surface area (Å²) in [6.45, 7) is -6.75. The number of nitrogens with one attached hydrogen (secondary N) is 2. The molecule has 0 aliphatic carbocycles. The van der Waals surface area contributed by atoms with Gasteiger partial charge in [0.2, 0.25) is 13.2 Å². The van der Waals surface area contributed by atoms with Crippen LogP contribution in [-0.2, 0) is 33.3 Å². The number of nitrogens with zero attached hydrogens (tertiary/aromatic N) is 7. The first-order chi connectivity index (χ1) is 19.3. The number of nitrogens with two attached hydrogens (primary N) is 1. The van der Waals surface area contributed by atoms with Crippen LogP contribution in [-0.4, -0.2) is 86.3 Å². The summed E-state index contributed by atoms with van der Waals surface area (Å²) < 4.78 is 62.8. The monoisotopic (exact) mass is 656 g/mol. The summed E-state index contributed by atoms with van der Waals surface area (Å²) >= 11 is 7.46. The molecular weight excluding hydrogens is 637 g/mol. The molecule has 1 saturated heterocycles. The van der Waals surface area contributed by atoms with Gasteiger partial charge in [-0.05, 0) is 0 Å². The second kappa shape index (κ2) is 11.2. The van der Waals surface area contributed by atoms with Crippen molar-refractivity contribution >= 4 is 66.8 Å². The molecule has 5 heterocycles. The van der Waals surface area contributed by atoms with Gasteiger partial charge in [-0.3, -0.25) is 28.2 Å². The van der Waals surface area contributed by atoms with Gasteiger partial charge in [0.25, 0.3) is 17.0 Å². The Labute approximate surface area is 236 Å². The zero-order valence-electron chi connectivity index (χ0n) is 20.0. The summed E-state index contributed by atoms with van der Waals surface area (Å²) in [6, 6.07) is 0. The number of aliphatic hydroxyl groups excluding tert-OH is 1. The number of halogens is 1. The highest BCUT2D eigenvalue weighted by Crippen LogP contribution is 2.57. The van der Waals surface area contributed by atoms with Crippen LogP contribution in [0.15, 0.2) is 22.2 Å². The van der Waals surface area contributed by atoms with Crippen LogP contribution < -0.4 is 16.9 Å². The Morgan fingerprint density at radius 1 is 1.29 bits per heavy atom. The highest BCUT2D eigenvalue weighted by molar-refractivity contribution is 8.44. The number of aromatic amines is 2. The van der Waals surface area contributed by atoms with E-state index in [9.17, 15) is 28.9 Å². The number of hydrogen-bond acceptors (Lipinski definition) is 16. The first kappa shape index (κ1) is 29.8. The average Bonchev–Trinajstić information content (AvgIpc) is 3.59. The van der Waals surface area contributed by atoms with Crippen LogP contribution in [0.1, 0.15) is 6.23 Å². The van der Waals surface area contributed by atoms with Crippen molar-refractivity contribution in [2.75, 3.05) is 18.9 Å². The zero-order chi connectivity index (χ0) is 29.7. The molecule has 1 aliphatic rings. The van der Waals surface area contributed by atoms with E-state index < -0.39 is 68.9 Å². The number of anilines is 1. The molecule has 5 rings (SSSR count). The lowest BCUT2D eigenvalue weighted by molar-refractivity contribution is -0.230. The molecule has 6 N–H and O–H groups in total. The van der Waals surface area contributed by atoms with Gasteiger partial charge in [0, 0.05) is 0 Å². The maximum Gasteiger partial charge on any atom is 0.390 e. The Kier molecular flexibility index (Phi) is 8.11. The summed E-state index contributed by atoms with van der Waals surface area (Å²) in [5.74, 6) is -3.26. The largest absolute Gasteiger partial charge is 0.390 e. The molecule has 0 bridgehead atoms. The fourth-order valence-corrected chi connectivity index (χ4v) is 6.32. The van der Waals surface area contributed by atoms with E-state index in [0.29, 0.717) is 4.57 Å². The lowest BCUT2D eigenvalue weighted by Gasteiger charge is -2.29. The number of aromatic nitrogens is 9. The number of fused-ring (bicyclic) bond motifs is 2. The number of aliphatic hydroxyl groups is 2. The van der Waals surface area contributed by atoms with Crippen molar-refractivity contribution in [3.05, 3.63) is 33.4 Å². The topological polar surface area (TPSA) is 278 Å². The minimum atomic E-state index is -4.68. The van der Waals surface area contributed by atoms with E-state index in [-0.39, 0.29) is 28.3 Å². The predicted molar refractivity (Wildman–Crippen MR) is 141 cm³/mol. The molecule has 1 fully saturated rings. The Hall–Kier alpha value is -2.72. The molecule has 1 aliphatic heterocycles. The molecule has 222 valence electrons. The quantitative estimate of drug-likeness (QED) is 0.0602. The SMILES string of the molecule is Nc1nc2c(ncn2C(O)(CO)OP(=O)(S)OC[C@H]2O[C@@H](n3nnc4c(=O)[nH]cnc43)[C@@H](F)[C@@H]2O[PH](=O)S)c(=O)[nH]1. The van der Waals surface area contributed by atoms with Crippen molar-refractivity contribution < 1.29 is 42.0 Å². The van der Waals surface area contributed by atoms with Crippen molar-refractivity contribution in [2.24, 2.45) is 0 Å². The standard InChI is InChI=1S/C16H19FN10O10P2S2/c17-6-9(36-38(32)40)5(35-14(6)27-10-8(24-25-27)12(29)20-3-19-10)1-34-39(33,41)37-16(31,2-28)26-4-21-7-11(26)22-15(18)23-13(7)30/h3-6,9,14,28,31,38H,1-2H2,(H,32,40)(H,33,41)(H,19,20,29)(H3,18,22,23,30)/t5-,6+,9-,14-,16?,39?/m1/s1. The summed E-state index contributed by atoms with van der Waals surface area (Å²) in [7, 11) is -3.06. The maximum absolute atomic E-state index is 15.5. The van der Waals surface area contributed by atoms with Gasteiger partial charge in [-0.15, -0.1) is 5.10 Å². The van der Waals surface area contributed by atoms with Crippen molar-refractivity contribution in [3.63, 3.8) is 0 Å². The van der Waals surface area contributed by atoms with E-state index >= 15 is 4.39 Å². The second-order valence-corrected chi connectivity index (χ2v) is 13.0. The molecule has 25 heteroatoms. The first-order valence-corrected chi connectivity index (χ1v) is 16.4. The molecule has 0 saturated carbocycles. The normalized spacial score (nSPS) is 24.9. The number of rotatable bonds is 10. The zero-order valence-corrected chi connectivity index (χ0v) is 23.6. The van der Waals surface area contributed by atoms with E-state index in [2.05, 4.69) is 59.7 Å². The van der Waals surface area contributed by atoms with Crippen LogP contribution in [0.4, 0.5) is 10.3 Å². The number of H-pyrrole nitrogens is 2. The lowest BCUT2D eigenvalue weighted by atomic mass is 10.1. The van der Waals surface area contributed by atoms with Crippen LogP contribution >= 0.6 is 38.5 Å². The Morgan fingerprint density at radius 3 is 2.76 bits per heavy atom. The number of hydrogen-bond donors (Lipinski definition) is 7. The van der Waals surface area contributed by atoms with Crippen LogP contribution in [0, 0.1) is 0 Å². The van der Waals surface area contributed by atoms with Crippen LogP contribution in [0.2, 0.25) is 0 Å². The molecule has 0 aromatic carbocycles. The summed E-state index contributed by atoms with van der Waals surface area (Å²) in [5, 5.41) is 28.1. The van der Waals surface area contributed by atoms with Crippen molar-refractivity contribution in [3.8, 4) is 0 Å². The predicted octanol–water partition coefficient (Wildman–Crippen LogP) is -1.16. The molecule has 0 radical (unpaired) electrons. The minimum absolute atomic E-state index is 0.142. The van der Waals surface area contributed by atoms with Gasteiger partial charge in [-0.1, -0.05) is 29.7 Å². The molecule has 4 aromatic rings. The van der Waals surface area contributed by atoms with Gasteiger partial charge in [0.1, 0.15) is 25.1 Å². The number of alkyl halides is 1. The second-order valence-electron chi connectivity index (χ2n) is 8.29. The highest BCUT2D eigenvalue weighted by Gasteiger charge is 2.50. The average molecular weight is 656 g/mol. The summed E-state index contributed by atoms with van der Waals surface area (Å²) in [6.07, 6.45) is -4.93. The highest BCUT2D eigenvalue weighted by atomic mass is 32.7. The Bertz CT molecular complexity index is 1800. The fraction of sp³-hybridized carbons (Fsp3) is 0.438. The molecule has 7 atom stereocenters.